The van der Waals surface area contributed by atoms with Crippen LogP contribution in [-0.4, -0.2) is 36.2 Å². The molecule has 0 aliphatic carbocycles. The molecular formula is C17H22N4O3. The second kappa shape index (κ2) is 7.72. The molecule has 0 radical (unpaired) electrons. The number of esters is 1. The number of carbonyl (C=O) groups is 1. The standard InChI is InChI=1S/C17H22N4O3/c1-5-9-21-11-14(17(23)24-6-2)16(22)13-8-7-12(10-15(13)21)18-19-20(3)4/h7-8,10-11H,5-6,9H2,1-4H3/b19-18+. The third-order valence-electron chi connectivity index (χ3n) is 3.36. The van der Waals surface area contributed by atoms with Gasteiger partial charge in [0.25, 0.3) is 0 Å². The van der Waals surface area contributed by atoms with E-state index in [-0.39, 0.29) is 17.6 Å². The van der Waals surface area contributed by atoms with Gasteiger partial charge in [0.05, 0.1) is 17.8 Å². The van der Waals surface area contributed by atoms with E-state index in [0.717, 1.165) is 11.9 Å². The van der Waals surface area contributed by atoms with Crippen molar-refractivity contribution in [2.75, 3.05) is 20.7 Å². The van der Waals surface area contributed by atoms with Crippen molar-refractivity contribution >= 4 is 22.6 Å². The van der Waals surface area contributed by atoms with Gasteiger partial charge in [-0.3, -0.25) is 9.80 Å². The summed E-state index contributed by atoms with van der Waals surface area (Å²) in [5.74, 6) is -0.592. The van der Waals surface area contributed by atoms with E-state index in [2.05, 4.69) is 10.3 Å². The first kappa shape index (κ1) is 17.7. The van der Waals surface area contributed by atoms with Crippen molar-refractivity contribution in [3.05, 3.63) is 40.2 Å². The van der Waals surface area contributed by atoms with Crippen LogP contribution < -0.4 is 5.43 Å². The number of ether oxygens (including phenoxy) is 1. The fourth-order valence-corrected chi connectivity index (χ4v) is 2.36. The van der Waals surface area contributed by atoms with Gasteiger partial charge in [-0.2, -0.15) is 0 Å². The second-order valence-corrected chi connectivity index (χ2v) is 5.52. The van der Waals surface area contributed by atoms with Gasteiger partial charge in [-0.25, -0.2) is 4.79 Å². The van der Waals surface area contributed by atoms with Gasteiger partial charge in [-0.15, -0.1) is 5.11 Å². The van der Waals surface area contributed by atoms with Crippen LogP contribution >= 0.6 is 0 Å². The van der Waals surface area contributed by atoms with Crippen LogP contribution in [0.2, 0.25) is 0 Å². The highest BCUT2D eigenvalue weighted by atomic mass is 16.5. The van der Waals surface area contributed by atoms with Crippen molar-refractivity contribution in [3.63, 3.8) is 0 Å². The summed E-state index contributed by atoms with van der Waals surface area (Å²) in [6.07, 6.45) is 2.43. The van der Waals surface area contributed by atoms with Gasteiger partial charge in [-0.1, -0.05) is 12.1 Å². The lowest BCUT2D eigenvalue weighted by Crippen LogP contribution is -2.21. The minimum atomic E-state index is -0.592. The van der Waals surface area contributed by atoms with Gasteiger partial charge in [0.2, 0.25) is 5.43 Å². The predicted molar refractivity (Wildman–Crippen MR) is 92.7 cm³/mol. The summed E-state index contributed by atoms with van der Waals surface area (Å²) in [4.78, 5) is 24.6. The lowest BCUT2D eigenvalue weighted by atomic mass is 10.1. The van der Waals surface area contributed by atoms with Gasteiger partial charge in [0.1, 0.15) is 5.56 Å². The Morgan fingerprint density at radius 1 is 1.29 bits per heavy atom. The number of pyridine rings is 1. The van der Waals surface area contributed by atoms with Gasteiger partial charge in [-0.05, 0) is 31.5 Å². The summed E-state index contributed by atoms with van der Waals surface area (Å²) < 4.78 is 6.87. The lowest BCUT2D eigenvalue weighted by Gasteiger charge is -2.12. The molecule has 2 aromatic rings. The van der Waals surface area contributed by atoms with Crippen LogP contribution in [0.4, 0.5) is 5.69 Å². The molecule has 24 heavy (non-hydrogen) atoms. The van der Waals surface area contributed by atoms with Crippen molar-refractivity contribution in [1.29, 1.82) is 0 Å². The van der Waals surface area contributed by atoms with Crippen LogP contribution in [0.15, 0.2) is 39.5 Å². The molecule has 0 saturated carbocycles. The molecule has 0 fully saturated rings. The van der Waals surface area contributed by atoms with E-state index < -0.39 is 5.97 Å². The Hall–Kier alpha value is -2.70. The molecule has 0 aliphatic rings. The molecule has 0 unspecified atom stereocenters. The SMILES string of the molecule is CCCn1cc(C(=O)OCC)c(=O)c2ccc(/N=N/N(C)C)cc21. The summed E-state index contributed by atoms with van der Waals surface area (Å²) in [6.45, 7) is 4.65. The average Bonchev–Trinajstić information content (AvgIpc) is 2.55. The Morgan fingerprint density at radius 3 is 2.67 bits per heavy atom. The summed E-state index contributed by atoms with van der Waals surface area (Å²) in [5.41, 5.74) is 1.10. The van der Waals surface area contributed by atoms with E-state index in [1.54, 1.807) is 50.4 Å². The molecule has 2 rings (SSSR count). The van der Waals surface area contributed by atoms with Crippen molar-refractivity contribution in [2.24, 2.45) is 10.3 Å². The number of nitrogens with zero attached hydrogens (tertiary/aromatic N) is 4. The smallest absolute Gasteiger partial charge is 0.343 e. The first-order valence-electron chi connectivity index (χ1n) is 7.91. The van der Waals surface area contributed by atoms with Crippen LogP contribution in [0.1, 0.15) is 30.6 Å². The Kier molecular flexibility index (Phi) is 5.68. The third-order valence-corrected chi connectivity index (χ3v) is 3.36. The summed E-state index contributed by atoms with van der Waals surface area (Å²) in [7, 11) is 3.56. The highest BCUT2D eigenvalue weighted by Gasteiger charge is 2.16. The minimum Gasteiger partial charge on any atom is -0.462 e. The van der Waals surface area contributed by atoms with Gasteiger partial charge < -0.3 is 9.30 Å². The maximum absolute atomic E-state index is 12.6. The van der Waals surface area contributed by atoms with E-state index in [1.807, 2.05) is 11.5 Å². The minimum absolute atomic E-state index is 0.0560. The number of aryl methyl sites for hydroxylation is 1. The maximum Gasteiger partial charge on any atom is 0.343 e. The summed E-state index contributed by atoms with van der Waals surface area (Å²) >= 11 is 0. The topological polar surface area (TPSA) is 76.3 Å². The molecule has 1 aromatic heterocycles. The van der Waals surface area contributed by atoms with Crippen LogP contribution in [0, 0.1) is 0 Å². The molecule has 0 atom stereocenters. The molecule has 0 bridgehead atoms. The number of rotatable bonds is 6. The van der Waals surface area contributed by atoms with E-state index in [1.165, 1.54) is 0 Å². The molecule has 1 aromatic carbocycles. The molecule has 128 valence electrons. The normalized spacial score (nSPS) is 11.2. The zero-order chi connectivity index (χ0) is 17.7. The third kappa shape index (κ3) is 3.79. The molecule has 7 nitrogen and oxygen atoms in total. The largest absolute Gasteiger partial charge is 0.462 e. The Balaban J connectivity index is 2.64. The van der Waals surface area contributed by atoms with Crippen LogP contribution in [0.25, 0.3) is 10.9 Å². The Morgan fingerprint density at radius 2 is 2.04 bits per heavy atom. The van der Waals surface area contributed by atoms with Crippen molar-refractivity contribution in [3.8, 4) is 0 Å². The zero-order valence-corrected chi connectivity index (χ0v) is 14.4. The average molecular weight is 330 g/mol. The molecule has 0 amide bonds. The summed E-state index contributed by atoms with van der Waals surface area (Å²) in [6, 6.07) is 5.19. The molecule has 0 saturated heterocycles. The van der Waals surface area contributed by atoms with E-state index in [0.29, 0.717) is 17.6 Å². The van der Waals surface area contributed by atoms with Crippen molar-refractivity contribution < 1.29 is 9.53 Å². The Bertz CT molecular complexity index is 824. The van der Waals surface area contributed by atoms with E-state index in [9.17, 15) is 9.59 Å². The monoisotopic (exact) mass is 330 g/mol. The number of hydrogen-bond donors (Lipinski definition) is 0. The first-order chi connectivity index (χ1) is 11.5. The maximum atomic E-state index is 12.6. The van der Waals surface area contributed by atoms with Crippen LogP contribution in [0.3, 0.4) is 0 Å². The van der Waals surface area contributed by atoms with Gasteiger partial charge in [0.15, 0.2) is 0 Å². The second-order valence-electron chi connectivity index (χ2n) is 5.52. The fraction of sp³-hybridized carbons (Fsp3) is 0.412. The molecule has 0 N–H and O–H groups in total. The quantitative estimate of drug-likeness (QED) is 0.463. The molecular weight excluding hydrogens is 308 g/mol. The summed E-state index contributed by atoms with van der Waals surface area (Å²) in [5, 5.41) is 10.1. The highest BCUT2D eigenvalue weighted by Crippen LogP contribution is 2.21. The Labute approximate surface area is 140 Å². The number of fused-ring (bicyclic) bond motifs is 1. The van der Waals surface area contributed by atoms with E-state index >= 15 is 0 Å². The number of aromatic nitrogens is 1. The fourth-order valence-electron chi connectivity index (χ4n) is 2.36. The molecule has 1 heterocycles. The number of hydrogen-bond acceptors (Lipinski definition) is 5. The van der Waals surface area contributed by atoms with Gasteiger partial charge >= 0.3 is 5.97 Å². The molecule has 7 heteroatoms. The van der Waals surface area contributed by atoms with Crippen LogP contribution in [0.5, 0.6) is 0 Å². The predicted octanol–water partition coefficient (Wildman–Crippen LogP) is 3.15. The zero-order valence-electron chi connectivity index (χ0n) is 14.4. The van der Waals surface area contributed by atoms with Gasteiger partial charge in [0, 0.05) is 32.2 Å². The molecule has 0 spiro atoms. The van der Waals surface area contributed by atoms with E-state index in [4.69, 9.17) is 4.74 Å². The van der Waals surface area contributed by atoms with Crippen LogP contribution in [-0.2, 0) is 11.3 Å². The number of benzene rings is 1. The first-order valence-corrected chi connectivity index (χ1v) is 7.91. The van der Waals surface area contributed by atoms with Crippen molar-refractivity contribution in [1.82, 2.24) is 9.58 Å². The van der Waals surface area contributed by atoms with Crippen molar-refractivity contribution in [2.45, 2.75) is 26.8 Å². The number of carbonyl (C=O) groups excluding carboxylic acids is 1. The highest BCUT2D eigenvalue weighted by molar-refractivity contribution is 5.94. The lowest BCUT2D eigenvalue weighted by molar-refractivity contribution is 0.0524. The molecule has 0 aliphatic heterocycles.